The van der Waals surface area contributed by atoms with Crippen molar-refractivity contribution in [2.45, 2.75) is 100 Å². The van der Waals surface area contributed by atoms with Crippen LogP contribution in [-0.4, -0.2) is 88.3 Å². The monoisotopic (exact) mass is 871 g/mol. The van der Waals surface area contributed by atoms with Gasteiger partial charge in [0.05, 0.1) is 34.7 Å². The van der Waals surface area contributed by atoms with Crippen LogP contribution in [0.3, 0.4) is 0 Å². The van der Waals surface area contributed by atoms with Crippen LogP contribution >= 0.6 is 11.6 Å². The van der Waals surface area contributed by atoms with Gasteiger partial charge in [-0.05, 0) is 124 Å². The predicted octanol–water partition coefficient (Wildman–Crippen LogP) is 5.67. The first-order valence-corrected chi connectivity index (χ1v) is 23.5. The van der Waals surface area contributed by atoms with E-state index in [2.05, 4.69) is 43.4 Å². The maximum atomic E-state index is 13.2. The van der Waals surface area contributed by atoms with Gasteiger partial charge >= 0.3 is 5.69 Å². The number of nitrogens with zero attached hydrogens (tertiary/aromatic N) is 6. The molecule has 0 spiro atoms. The Morgan fingerprint density at radius 3 is 2.46 bits per heavy atom. The maximum absolute atomic E-state index is 13.2. The number of aromatic nitrogens is 5. The smallest absolute Gasteiger partial charge is 0.329 e. The minimum Gasteiger partial charge on any atom is -0.377 e. The molecule has 5 heterocycles. The van der Waals surface area contributed by atoms with Crippen molar-refractivity contribution < 1.29 is 17.9 Å². The number of pyridine rings is 1. The summed E-state index contributed by atoms with van der Waals surface area (Å²) < 4.78 is 40.4. The number of hydrogen-bond acceptors (Lipinski definition) is 10. The van der Waals surface area contributed by atoms with E-state index in [1.165, 1.54) is 5.56 Å². The Labute approximate surface area is 359 Å². The van der Waals surface area contributed by atoms with Crippen LogP contribution in [0.15, 0.2) is 63.1 Å². The fourth-order valence-electron chi connectivity index (χ4n) is 9.90. The molecular formula is C44H54ClN9O6S. The molecule has 17 heteroatoms. The zero-order valence-electron chi connectivity index (χ0n) is 34.7. The molecule has 0 bridgehead atoms. The second-order valence-electron chi connectivity index (χ2n) is 17.4. The first kappa shape index (κ1) is 41.7. The lowest BCUT2D eigenvalue weighted by molar-refractivity contribution is -0.122. The summed E-state index contributed by atoms with van der Waals surface area (Å²) in [6.45, 7) is 5.89. The second-order valence-corrected chi connectivity index (χ2v) is 19.6. The summed E-state index contributed by atoms with van der Waals surface area (Å²) in [7, 11) is -1.93. The molecule has 3 aromatic heterocycles. The lowest BCUT2D eigenvalue weighted by atomic mass is 9.81. The van der Waals surface area contributed by atoms with Gasteiger partial charge in [0.2, 0.25) is 21.9 Å². The van der Waals surface area contributed by atoms with Crippen molar-refractivity contribution in [2.75, 3.05) is 44.6 Å². The quantitative estimate of drug-likeness (QED) is 0.125. The second kappa shape index (κ2) is 17.3. The number of anilines is 2. The number of fused-ring (bicyclic) bond motifs is 2. The van der Waals surface area contributed by atoms with Gasteiger partial charge in [-0.25, -0.2) is 22.9 Å². The van der Waals surface area contributed by atoms with E-state index >= 15 is 0 Å². The molecule has 4 fully saturated rings. The maximum Gasteiger partial charge on any atom is 0.329 e. The molecule has 3 N–H and O–H groups in total. The highest BCUT2D eigenvalue weighted by Gasteiger charge is 2.33. The molecule has 1 amide bonds. The molecule has 324 valence electrons. The van der Waals surface area contributed by atoms with Crippen molar-refractivity contribution in [3.8, 4) is 0 Å². The van der Waals surface area contributed by atoms with Crippen LogP contribution in [0.2, 0.25) is 5.02 Å². The van der Waals surface area contributed by atoms with E-state index in [0.29, 0.717) is 66.1 Å². The van der Waals surface area contributed by atoms with Gasteiger partial charge in [0.25, 0.3) is 5.56 Å². The van der Waals surface area contributed by atoms with E-state index < -0.39 is 10.0 Å². The fourth-order valence-corrected chi connectivity index (χ4v) is 11.2. The summed E-state index contributed by atoms with van der Waals surface area (Å²) in [4.78, 5) is 49.8. The standard InChI is InChI=1S/C44H54ClN9O6S/c1-27-19-35(9-10-37(27)49-43-47-24-31-22-36(45)42(56)54(41(31)50-43)32-5-3-4-6-32)61(58,59)48-15-18-60-34-20-28(21-34)26-52-16-13-29(14-17-52)30-7-11-38-39(23-30)51(2)44(57)53(38)33-8-12-40(55)46-25-33/h7,9-11,19,22-24,28-29,32-34,48H,3-6,8,12-18,20-21,25-26H2,1-2H3,(H,46,55)(H,47,49,50). The number of halogens is 1. The molecular weight excluding hydrogens is 818 g/mol. The van der Waals surface area contributed by atoms with Crippen LogP contribution in [-0.2, 0) is 26.6 Å². The van der Waals surface area contributed by atoms with Crippen molar-refractivity contribution in [2.24, 2.45) is 13.0 Å². The number of amides is 1. The molecule has 5 aromatic rings. The van der Waals surface area contributed by atoms with E-state index in [1.807, 2.05) is 18.5 Å². The third-order valence-corrected chi connectivity index (χ3v) is 15.1. The van der Waals surface area contributed by atoms with Gasteiger partial charge in [0.1, 0.15) is 10.7 Å². The predicted molar refractivity (Wildman–Crippen MR) is 235 cm³/mol. The number of likely N-dealkylation sites (tertiary alicyclic amines) is 1. The number of sulfonamides is 1. The number of benzene rings is 2. The van der Waals surface area contributed by atoms with Gasteiger partial charge in [-0.2, -0.15) is 4.98 Å². The summed E-state index contributed by atoms with van der Waals surface area (Å²) in [6, 6.07) is 12.9. The van der Waals surface area contributed by atoms with Gasteiger partial charge in [-0.1, -0.05) is 30.5 Å². The molecule has 2 aliphatic heterocycles. The molecule has 2 aromatic carbocycles. The largest absolute Gasteiger partial charge is 0.377 e. The van der Waals surface area contributed by atoms with Crippen LogP contribution in [0.5, 0.6) is 0 Å². The van der Waals surface area contributed by atoms with Crippen LogP contribution in [0.25, 0.3) is 22.1 Å². The Kier molecular flexibility index (Phi) is 11.8. The molecule has 2 saturated heterocycles. The molecule has 2 aliphatic carbocycles. The lowest BCUT2D eigenvalue weighted by Crippen LogP contribution is -2.43. The van der Waals surface area contributed by atoms with Crippen LogP contribution in [0, 0.1) is 12.8 Å². The number of carbonyl (C=O) groups excluding carboxylic acids is 1. The Morgan fingerprint density at radius 2 is 1.72 bits per heavy atom. The fraction of sp³-hybridized carbons (Fsp3) is 0.523. The highest BCUT2D eigenvalue weighted by molar-refractivity contribution is 7.89. The molecule has 2 saturated carbocycles. The van der Waals surface area contributed by atoms with E-state index in [1.54, 1.807) is 39.6 Å². The van der Waals surface area contributed by atoms with Crippen molar-refractivity contribution >= 4 is 61.2 Å². The Balaban J connectivity index is 0.713. The molecule has 1 atom stereocenters. The first-order chi connectivity index (χ1) is 29.4. The normalized spacial score (nSPS) is 21.9. The van der Waals surface area contributed by atoms with E-state index in [-0.39, 0.29) is 51.8 Å². The van der Waals surface area contributed by atoms with Gasteiger partial charge in [0.15, 0.2) is 0 Å². The summed E-state index contributed by atoms with van der Waals surface area (Å²) in [6.07, 6.45) is 10.9. The minimum atomic E-state index is -3.76. The first-order valence-electron chi connectivity index (χ1n) is 21.7. The number of rotatable bonds is 13. The van der Waals surface area contributed by atoms with Crippen molar-refractivity contribution in [1.82, 2.24) is 38.6 Å². The van der Waals surface area contributed by atoms with Gasteiger partial charge < -0.3 is 20.3 Å². The van der Waals surface area contributed by atoms with Crippen molar-refractivity contribution in [1.29, 1.82) is 0 Å². The zero-order valence-corrected chi connectivity index (χ0v) is 36.3. The molecule has 4 aliphatic rings. The van der Waals surface area contributed by atoms with E-state index in [4.69, 9.17) is 21.3 Å². The number of nitrogens with one attached hydrogen (secondary N) is 3. The van der Waals surface area contributed by atoms with E-state index in [0.717, 1.165) is 82.0 Å². The number of carbonyl (C=O) groups is 1. The van der Waals surface area contributed by atoms with Gasteiger partial charge in [-0.15, -0.1) is 0 Å². The Hall–Kier alpha value is -4.61. The summed E-state index contributed by atoms with van der Waals surface area (Å²) >= 11 is 6.28. The number of piperidine rings is 2. The number of imidazole rings is 1. The number of aryl methyl sites for hydroxylation is 2. The minimum absolute atomic E-state index is 0.0244. The lowest BCUT2D eigenvalue weighted by Gasteiger charge is -2.40. The molecule has 61 heavy (non-hydrogen) atoms. The van der Waals surface area contributed by atoms with E-state index in [9.17, 15) is 22.8 Å². The number of hydrogen-bond donors (Lipinski definition) is 3. The van der Waals surface area contributed by atoms with Crippen LogP contribution < -0.4 is 26.6 Å². The Morgan fingerprint density at radius 1 is 0.934 bits per heavy atom. The molecule has 9 rings (SSSR count). The summed E-state index contributed by atoms with van der Waals surface area (Å²) in [5.74, 6) is 1.37. The number of ether oxygens (including phenoxy) is 1. The van der Waals surface area contributed by atoms with Crippen molar-refractivity contribution in [3.05, 3.63) is 85.6 Å². The van der Waals surface area contributed by atoms with Gasteiger partial charge in [0, 0.05) is 56.4 Å². The highest BCUT2D eigenvalue weighted by Crippen LogP contribution is 2.36. The topological polar surface area (TPSA) is 174 Å². The zero-order chi connectivity index (χ0) is 42.4. The SMILES string of the molecule is Cc1cc(S(=O)(=O)NCCOC2CC(CN3CCC(c4ccc5c(c4)n(C)c(=O)n5C4CCC(=O)NC4)CC3)C2)ccc1Nc1ncc2cc(Cl)c(=O)n(C3CCCC3)c2n1. The molecule has 0 radical (unpaired) electrons. The summed E-state index contributed by atoms with van der Waals surface area (Å²) in [5.41, 5.74) is 4.75. The Bertz CT molecular complexity index is 2690. The van der Waals surface area contributed by atoms with Crippen molar-refractivity contribution in [3.63, 3.8) is 0 Å². The average molecular weight is 872 g/mol. The van der Waals surface area contributed by atoms with Crippen LogP contribution in [0.4, 0.5) is 11.6 Å². The van der Waals surface area contributed by atoms with Gasteiger partial charge in [-0.3, -0.25) is 23.3 Å². The molecule has 15 nitrogen and oxygen atoms in total. The van der Waals surface area contributed by atoms with Crippen LogP contribution in [0.1, 0.15) is 93.3 Å². The average Bonchev–Trinajstić information content (AvgIpc) is 3.86. The summed E-state index contributed by atoms with van der Waals surface area (Å²) in [5, 5.41) is 6.94. The highest BCUT2D eigenvalue weighted by atomic mass is 35.5. The molecule has 1 unspecified atom stereocenters. The third kappa shape index (κ3) is 8.61. The third-order valence-electron chi connectivity index (χ3n) is 13.4.